The van der Waals surface area contributed by atoms with Crippen molar-refractivity contribution in [1.82, 2.24) is 0 Å². The van der Waals surface area contributed by atoms with Gasteiger partial charge in [0.15, 0.2) is 0 Å². The minimum atomic E-state index is -0.210. The van der Waals surface area contributed by atoms with E-state index in [1.807, 2.05) is 18.9 Å². The molecule has 0 saturated carbocycles. The van der Waals surface area contributed by atoms with Gasteiger partial charge in [-0.15, -0.1) is 0 Å². The van der Waals surface area contributed by atoms with Gasteiger partial charge in [0, 0.05) is 25.3 Å². The summed E-state index contributed by atoms with van der Waals surface area (Å²) in [4.78, 5) is 2.00. The molecule has 1 aromatic carbocycles. The predicted octanol–water partition coefficient (Wildman–Crippen LogP) is 1.61. The van der Waals surface area contributed by atoms with Crippen molar-refractivity contribution >= 4 is 5.69 Å². The minimum absolute atomic E-state index is 0.120. The van der Waals surface area contributed by atoms with Gasteiger partial charge in [-0.05, 0) is 31.2 Å². The van der Waals surface area contributed by atoms with Gasteiger partial charge < -0.3 is 10.6 Å². The Balaban J connectivity index is 2.66. The van der Waals surface area contributed by atoms with E-state index in [0.717, 1.165) is 12.2 Å². The lowest BCUT2D eigenvalue weighted by Gasteiger charge is -2.21. The summed E-state index contributed by atoms with van der Waals surface area (Å²) in [7, 11) is 1.94. The van der Waals surface area contributed by atoms with Crippen LogP contribution in [0.4, 0.5) is 10.1 Å². The average molecular weight is 182 g/mol. The van der Waals surface area contributed by atoms with Crippen LogP contribution in [-0.2, 0) is 0 Å². The van der Waals surface area contributed by atoms with Crippen LogP contribution in [-0.4, -0.2) is 19.6 Å². The summed E-state index contributed by atoms with van der Waals surface area (Å²) in [5.41, 5.74) is 6.63. The molecule has 0 fully saturated rings. The average Bonchev–Trinajstić information content (AvgIpc) is 2.04. The van der Waals surface area contributed by atoms with Crippen LogP contribution >= 0.6 is 0 Å². The van der Waals surface area contributed by atoms with E-state index >= 15 is 0 Å². The molecule has 0 radical (unpaired) electrons. The van der Waals surface area contributed by atoms with Crippen molar-refractivity contribution in [2.45, 2.75) is 13.0 Å². The maximum Gasteiger partial charge on any atom is 0.123 e. The number of hydrogen-bond acceptors (Lipinski definition) is 2. The van der Waals surface area contributed by atoms with Gasteiger partial charge in [-0.3, -0.25) is 0 Å². The summed E-state index contributed by atoms with van der Waals surface area (Å²) < 4.78 is 12.6. The highest BCUT2D eigenvalue weighted by Gasteiger charge is 2.02. The summed E-state index contributed by atoms with van der Waals surface area (Å²) >= 11 is 0. The first kappa shape index (κ1) is 9.99. The smallest absolute Gasteiger partial charge is 0.123 e. The third-order valence-electron chi connectivity index (χ3n) is 1.83. The van der Waals surface area contributed by atoms with E-state index in [2.05, 4.69) is 0 Å². The minimum Gasteiger partial charge on any atom is -0.373 e. The lowest BCUT2D eigenvalue weighted by molar-refractivity contribution is 0.627. The number of benzene rings is 1. The van der Waals surface area contributed by atoms with Gasteiger partial charge >= 0.3 is 0 Å². The first-order valence-electron chi connectivity index (χ1n) is 4.32. The van der Waals surface area contributed by atoms with Crippen molar-refractivity contribution in [2.24, 2.45) is 5.73 Å². The van der Waals surface area contributed by atoms with E-state index in [1.165, 1.54) is 12.1 Å². The van der Waals surface area contributed by atoms with Crippen molar-refractivity contribution in [1.29, 1.82) is 0 Å². The second-order valence-electron chi connectivity index (χ2n) is 3.33. The van der Waals surface area contributed by atoms with Gasteiger partial charge in [-0.2, -0.15) is 0 Å². The topological polar surface area (TPSA) is 29.3 Å². The molecule has 1 aromatic rings. The molecule has 0 spiro atoms. The molecule has 3 heteroatoms. The molecule has 0 aromatic heterocycles. The Labute approximate surface area is 78.2 Å². The summed E-state index contributed by atoms with van der Waals surface area (Å²) in [5, 5.41) is 0. The molecule has 72 valence electrons. The molecule has 0 saturated heterocycles. The van der Waals surface area contributed by atoms with Crippen LogP contribution in [0.5, 0.6) is 0 Å². The van der Waals surface area contributed by atoms with E-state index in [0.29, 0.717) is 0 Å². The Morgan fingerprint density at radius 1 is 1.38 bits per heavy atom. The van der Waals surface area contributed by atoms with Crippen molar-refractivity contribution in [3.05, 3.63) is 30.1 Å². The van der Waals surface area contributed by atoms with Crippen molar-refractivity contribution < 1.29 is 4.39 Å². The molecule has 0 aliphatic rings. The lowest BCUT2D eigenvalue weighted by Crippen LogP contribution is -2.32. The van der Waals surface area contributed by atoms with Crippen LogP contribution in [0.15, 0.2) is 24.3 Å². The monoisotopic (exact) mass is 182 g/mol. The number of nitrogens with zero attached hydrogens (tertiary/aromatic N) is 1. The first-order valence-corrected chi connectivity index (χ1v) is 4.32. The molecule has 2 N–H and O–H groups in total. The molecule has 2 nitrogen and oxygen atoms in total. The Hall–Kier alpha value is -1.09. The first-order chi connectivity index (χ1) is 6.09. The number of rotatable bonds is 3. The van der Waals surface area contributed by atoms with Crippen LogP contribution in [0, 0.1) is 5.82 Å². The van der Waals surface area contributed by atoms with Gasteiger partial charge in [0.2, 0.25) is 0 Å². The molecule has 1 rings (SSSR count). The molecule has 0 amide bonds. The molecular weight excluding hydrogens is 167 g/mol. The van der Waals surface area contributed by atoms with Gasteiger partial charge in [0.05, 0.1) is 0 Å². The standard InChI is InChI=1S/C10H15FN2/c1-8(12)7-13(2)10-5-3-9(11)4-6-10/h3-6,8H,7,12H2,1-2H3/t8-/m1/s1. The largest absolute Gasteiger partial charge is 0.373 e. The van der Waals surface area contributed by atoms with E-state index in [4.69, 9.17) is 5.73 Å². The predicted molar refractivity (Wildman–Crippen MR) is 53.3 cm³/mol. The van der Waals surface area contributed by atoms with Crippen LogP contribution < -0.4 is 10.6 Å². The summed E-state index contributed by atoms with van der Waals surface area (Å²) in [5.74, 6) is -0.210. The molecule has 0 aliphatic carbocycles. The molecule has 0 heterocycles. The molecular formula is C10H15FN2. The maximum absolute atomic E-state index is 12.6. The Morgan fingerprint density at radius 2 is 1.92 bits per heavy atom. The molecule has 0 bridgehead atoms. The van der Waals surface area contributed by atoms with Crippen LogP contribution in [0.25, 0.3) is 0 Å². The van der Waals surface area contributed by atoms with Gasteiger partial charge in [-0.1, -0.05) is 0 Å². The second kappa shape index (κ2) is 4.23. The third-order valence-corrected chi connectivity index (χ3v) is 1.83. The SMILES string of the molecule is C[C@@H](N)CN(C)c1ccc(F)cc1. The zero-order valence-electron chi connectivity index (χ0n) is 8.00. The molecule has 1 atom stereocenters. The number of anilines is 1. The van der Waals surface area contributed by atoms with E-state index in [9.17, 15) is 4.39 Å². The highest BCUT2D eigenvalue weighted by molar-refractivity contribution is 5.45. The Bertz CT molecular complexity index is 256. The molecule has 13 heavy (non-hydrogen) atoms. The lowest BCUT2D eigenvalue weighted by atomic mass is 10.2. The van der Waals surface area contributed by atoms with E-state index in [1.54, 1.807) is 12.1 Å². The second-order valence-corrected chi connectivity index (χ2v) is 3.33. The summed E-state index contributed by atoms with van der Waals surface area (Å²) in [6, 6.07) is 6.52. The Kier molecular flexibility index (Phi) is 3.25. The highest BCUT2D eigenvalue weighted by atomic mass is 19.1. The fourth-order valence-electron chi connectivity index (χ4n) is 1.23. The highest BCUT2D eigenvalue weighted by Crippen LogP contribution is 2.12. The fourth-order valence-corrected chi connectivity index (χ4v) is 1.23. The van der Waals surface area contributed by atoms with Crippen LogP contribution in [0.2, 0.25) is 0 Å². The van der Waals surface area contributed by atoms with E-state index < -0.39 is 0 Å². The summed E-state index contributed by atoms with van der Waals surface area (Å²) in [6.45, 7) is 2.71. The number of halogens is 1. The third kappa shape index (κ3) is 3.03. The number of hydrogen-bond donors (Lipinski definition) is 1. The molecule has 0 aliphatic heterocycles. The van der Waals surface area contributed by atoms with Gasteiger partial charge in [0.1, 0.15) is 5.82 Å². The van der Waals surface area contributed by atoms with Crippen molar-refractivity contribution in [2.75, 3.05) is 18.5 Å². The fraction of sp³-hybridized carbons (Fsp3) is 0.400. The maximum atomic E-state index is 12.6. The summed E-state index contributed by atoms with van der Waals surface area (Å²) in [6.07, 6.45) is 0. The normalized spacial score (nSPS) is 12.6. The van der Waals surface area contributed by atoms with E-state index in [-0.39, 0.29) is 11.9 Å². The molecule has 0 unspecified atom stereocenters. The van der Waals surface area contributed by atoms with Crippen molar-refractivity contribution in [3.8, 4) is 0 Å². The zero-order valence-corrected chi connectivity index (χ0v) is 8.00. The Morgan fingerprint density at radius 3 is 2.38 bits per heavy atom. The van der Waals surface area contributed by atoms with Gasteiger partial charge in [0.25, 0.3) is 0 Å². The number of nitrogens with two attached hydrogens (primary N) is 1. The quantitative estimate of drug-likeness (QED) is 0.769. The number of likely N-dealkylation sites (N-methyl/N-ethyl adjacent to an activating group) is 1. The van der Waals surface area contributed by atoms with Crippen LogP contribution in [0.3, 0.4) is 0 Å². The van der Waals surface area contributed by atoms with Gasteiger partial charge in [-0.25, -0.2) is 4.39 Å². The van der Waals surface area contributed by atoms with Crippen LogP contribution in [0.1, 0.15) is 6.92 Å². The zero-order chi connectivity index (χ0) is 9.84. The van der Waals surface area contributed by atoms with Crippen molar-refractivity contribution in [3.63, 3.8) is 0 Å².